The summed E-state index contributed by atoms with van der Waals surface area (Å²) in [6.45, 7) is 9.20. The first-order valence-electron chi connectivity index (χ1n) is 13.4. The van der Waals surface area contributed by atoms with E-state index in [-0.39, 0.29) is 23.4 Å². The van der Waals surface area contributed by atoms with Crippen LogP contribution in [-0.4, -0.2) is 43.8 Å². The van der Waals surface area contributed by atoms with Crippen molar-refractivity contribution in [3.8, 4) is 0 Å². The molecule has 0 fully saturated rings. The van der Waals surface area contributed by atoms with Crippen molar-refractivity contribution in [2.24, 2.45) is 0 Å². The van der Waals surface area contributed by atoms with E-state index in [0.29, 0.717) is 12.1 Å². The van der Waals surface area contributed by atoms with Crippen molar-refractivity contribution in [3.05, 3.63) is 95.6 Å². The van der Waals surface area contributed by atoms with Crippen LogP contribution in [0.25, 0.3) is 0 Å². The highest BCUT2D eigenvalue weighted by molar-refractivity contribution is 7.92. The molecule has 0 aliphatic rings. The Morgan fingerprint density at radius 3 is 2.08 bits per heavy atom. The largest absolute Gasteiger partial charge is 0.352 e. The third kappa shape index (κ3) is 7.47. The van der Waals surface area contributed by atoms with Gasteiger partial charge in [0.2, 0.25) is 11.8 Å². The minimum Gasteiger partial charge on any atom is -0.352 e. The first kappa shape index (κ1) is 29.9. The first-order valence-corrected chi connectivity index (χ1v) is 14.8. The number of anilines is 1. The Morgan fingerprint density at radius 1 is 0.872 bits per heavy atom. The van der Waals surface area contributed by atoms with Gasteiger partial charge in [-0.05, 0) is 68.5 Å². The summed E-state index contributed by atoms with van der Waals surface area (Å²) in [7, 11) is -4.09. The summed E-state index contributed by atoms with van der Waals surface area (Å²) < 4.78 is 29.1. The second-order valence-corrected chi connectivity index (χ2v) is 11.7. The Kier molecular flexibility index (Phi) is 10.3. The number of sulfonamides is 1. The lowest BCUT2D eigenvalue weighted by atomic mass is 10.1. The highest BCUT2D eigenvalue weighted by Gasteiger charge is 2.34. The molecule has 39 heavy (non-hydrogen) atoms. The Labute approximate surface area is 232 Å². The number of nitrogens with one attached hydrogen (secondary N) is 1. The molecule has 2 atom stereocenters. The zero-order valence-corrected chi connectivity index (χ0v) is 24.2. The number of hydrogen-bond acceptors (Lipinski definition) is 4. The molecule has 2 amide bonds. The van der Waals surface area contributed by atoms with Crippen molar-refractivity contribution in [2.45, 2.75) is 71.0 Å². The van der Waals surface area contributed by atoms with E-state index in [1.807, 2.05) is 77.1 Å². The number of aryl methyl sites for hydroxylation is 2. The second-order valence-electron chi connectivity index (χ2n) is 9.86. The Balaban J connectivity index is 2.07. The van der Waals surface area contributed by atoms with Gasteiger partial charge in [-0.25, -0.2) is 8.42 Å². The van der Waals surface area contributed by atoms with Crippen LogP contribution in [-0.2, 0) is 26.2 Å². The van der Waals surface area contributed by atoms with Gasteiger partial charge < -0.3 is 10.2 Å². The second kappa shape index (κ2) is 13.4. The maximum absolute atomic E-state index is 14.1. The minimum atomic E-state index is -4.09. The van der Waals surface area contributed by atoms with Crippen LogP contribution in [0.2, 0.25) is 0 Å². The van der Waals surface area contributed by atoms with Gasteiger partial charge in [-0.2, -0.15) is 0 Å². The van der Waals surface area contributed by atoms with E-state index in [2.05, 4.69) is 5.32 Å². The molecular weight excluding hydrogens is 510 g/mol. The lowest BCUT2D eigenvalue weighted by Crippen LogP contribution is -2.53. The molecule has 0 saturated heterocycles. The fourth-order valence-electron chi connectivity index (χ4n) is 4.36. The number of carbonyl (C=O) groups excluding carboxylic acids is 2. The predicted octanol–water partition coefficient (Wildman–Crippen LogP) is 5.22. The normalized spacial score (nSPS) is 12.8. The molecule has 0 saturated carbocycles. The number of rotatable bonds is 12. The lowest BCUT2D eigenvalue weighted by molar-refractivity contribution is -0.140. The number of nitrogens with zero attached hydrogens (tertiary/aromatic N) is 2. The van der Waals surface area contributed by atoms with Crippen molar-refractivity contribution in [2.75, 3.05) is 10.8 Å². The van der Waals surface area contributed by atoms with Gasteiger partial charge in [0.1, 0.15) is 12.6 Å². The zero-order valence-electron chi connectivity index (χ0n) is 23.4. The maximum Gasteiger partial charge on any atom is 0.264 e. The topological polar surface area (TPSA) is 86.8 Å². The van der Waals surface area contributed by atoms with Crippen LogP contribution in [0, 0.1) is 13.8 Å². The third-order valence-corrected chi connectivity index (χ3v) is 8.60. The van der Waals surface area contributed by atoms with Gasteiger partial charge in [-0.15, -0.1) is 0 Å². The molecule has 8 heteroatoms. The van der Waals surface area contributed by atoms with E-state index in [0.717, 1.165) is 23.1 Å². The molecular formula is C31H39N3O4S. The van der Waals surface area contributed by atoms with Crippen LogP contribution in [0.3, 0.4) is 0 Å². The summed E-state index contributed by atoms with van der Waals surface area (Å²) in [5, 5.41) is 2.99. The number of carbonyl (C=O) groups is 2. The average Bonchev–Trinajstić information content (AvgIpc) is 2.93. The molecule has 3 aromatic carbocycles. The standard InChI is InChI=1S/C31H39N3O4S/c1-6-25(5)32-31(36)28(7-2)33(21-26-14-10-8-11-15-26)30(35)22-34(29-20-23(3)18-19-24(29)4)39(37,38)27-16-12-9-13-17-27/h8-20,25,28H,6-7,21-22H2,1-5H3,(H,32,36). The van der Waals surface area contributed by atoms with Crippen LogP contribution in [0.5, 0.6) is 0 Å². The molecule has 0 bridgehead atoms. The molecule has 2 unspecified atom stereocenters. The average molecular weight is 550 g/mol. The van der Waals surface area contributed by atoms with Crippen LogP contribution >= 0.6 is 0 Å². The van der Waals surface area contributed by atoms with Gasteiger partial charge in [0, 0.05) is 12.6 Å². The molecule has 208 valence electrons. The van der Waals surface area contributed by atoms with Gasteiger partial charge >= 0.3 is 0 Å². The van der Waals surface area contributed by atoms with E-state index in [9.17, 15) is 18.0 Å². The molecule has 0 aliphatic heterocycles. The molecule has 1 N–H and O–H groups in total. The summed E-state index contributed by atoms with van der Waals surface area (Å²) in [5.74, 6) is -0.703. The number of hydrogen-bond donors (Lipinski definition) is 1. The van der Waals surface area contributed by atoms with Gasteiger partial charge in [-0.1, -0.05) is 74.5 Å². The van der Waals surface area contributed by atoms with Crippen molar-refractivity contribution in [3.63, 3.8) is 0 Å². The van der Waals surface area contributed by atoms with Crippen LogP contribution in [0.15, 0.2) is 83.8 Å². The van der Waals surface area contributed by atoms with Crippen molar-refractivity contribution in [1.29, 1.82) is 0 Å². The summed E-state index contributed by atoms with van der Waals surface area (Å²) >= 11 is 0. The van der Waals surface area contributed by atoms with E-state index < -0.39 is 28.5 Å². The van der Waals surface area contributed by atoms with Crippen LogP contribution in [0.1, 0.15) is 50.3 Å². The molecule has 0 radical (unpaired) electrons. The Morgan fingerprint density at radius 2 is 1.49 bits per heavy atom. The van der Waals surface area contributed by atoms with E-state index in [4.69, 9.17) is 0 Å². The fourth-order valence-corrected chi connectivity index (χ4v) is 5.85. The number of amides is 2. The fraction of sp³-hybridized carbons (Fsp3) is 0.355. The van der Waals surface area contributed by atoms with Gasteiger partial charge in [-0.3, -0.25) is 13.9 Å². The van der Waals surface area contributed by atoms with E-state index >= 15 is 0 Å². The molecule has 0 spiro atoms. The summed E-state index contributed by atoms with van der Waals surface area (Å²) in [6, 6.07) is 22.2. The predicted molar refractivity (Wildman–Crippen MR) is 156 cm³/mol. The molecule has 0 aliphatic carbocycles. The maximum atomic E-state index is 14.1. The van der Waals surface area contributed by atoms with E-state index in [1.165, 1.54) is 21.3 Å². The van der Waals surface area contributed by atoms with E-state index in [1.54, 1.807) is 24.3 Å². The highest BCUT2D eigenvalue weighted by Crippen LogP contribution is 2.28. The lowest BCUT2D eigenvalue weighted by Gasteiger charge is -2.34. The summed E-state index contributed by atoms with van der Waals surface area (Å²) in [4.78, 5) is 29.0. The highest BCUT2D eigenvalue weighted by atomic mass is 32.2. The van der Waals surface area contributed by atoms with Crippen molar-refractivity contribution < 1.29 is 18.0 Å². The zero-order chi connectivity index (χ0) is 28.6. The molecule has 7 nitrogen and oxygen atoms in total. The summed E-state index contributed by atoms with van der Waals surface area (Å²) in [5.41, 5.74) is 2.88. The Hall–Kier alpha value is -3.65. The quantitative estimate of drug-likeness (QED) is 0.336. The molecule has 3 aromatic rings. The minimum absolute atomic E-state index is 0.0508. The molecule has 3 rings (SSSR count). The van der Waals surface area contributed by atoms with Gasteiger partial charge in [0.15, 0.2) is 0 Å². The Bertz CT molecular complexity index is 1360. The number of benzene rings is 3. The SMILES string of the molecule is CCC(C)NC(=O)C(CC)N(Cc1ccccc1)C(=O)CN(c1cc(C)ccc1C)S(=O)(=O)c1ccccc1. The van der Waals surface area contributed by atoms with Gasteiger partial charge in [0.05, 0.1) is 10.6 Å². The van der Waals surface area contributed by atoms with Crippen LogP contribution < -0.4 is 9.62 Å². The summed E-state index contributed by atoms with van der Waals surface area (Å²) in [6.07, 6.45) is 1.14. The van der Waals surface area contributed by atoms with Gasteiger partial charge in [0.25, 0.3) is 10.0 Å². The monoisotopic (exact) mass is 549 g/mol. The first-order chi connectivity index (χ1) is 18.6. The van der Waals surface area contributed by atoms with Crippen LogP contribution in [0.4, 0.5) is 5.69 Å². The molecule has 0 aromatic heterocycles. The van der Waals surface area contributed by atoms with Crippen molar-refractivity contribution >= 4 is 27.5 Å². The van der Waals surface area contributed by atoms with Crippen molar-refractivity contribution in [1.82, 2.24) is 10.2 Å². The molecule has 0 heterocycles. The third-order valence-electron chi connectivity index (χ3n) is 6.83. The smallest absolute Gasteiger partial charge is 0.264 e.